The highest BCUT2D eigenvalue weighted by Crippen LogP contribution is 2.18. The third kappa shape index (κ3) is 5.16. The zero-order valence-electron chi connectivity index (χ0n) is 16.6. The van der Waals surface area contributed by atoms with Crippen molar-refractivity contribution in [3.63, 3.8) is 0 Å². The van der Waals surface area contributed by atoms with Crippen LogP contribution in [0.1, 0.15) is 31.2 Å². The van der Waals surface area contributed by atoms with Crippen LogP contribution in [-0.4, -0.2) is 28.7 Å². The van der Waals surface area contributed by atoms with Gasteiger partial charge in [-0.1, -0.05) is 25.0 Å². The van der Waals surface area contributed by atoms with E-state index in [9.17, 15) is 4.79 Å². The Labute approximate surface area is 171 Å². The Morgan fingerprint density at radius 3 is 2.48 bits per heavy atom. The number of benzene rings is 1. The van der Waals surface area contributed by atoms with E-state index >= 15 is 0 Å². The minimum absolute atomic E-state index is 0.230. The largest absolute Gasteiger partial charge is 0.357 e. The zero-order valence-corrected chi connectivity index (χ0v) is 16.6. The third-order valence-electron chi connectivity index (χ3n) is 5.20. The van der Waals surface area contributed by atoms with Crippen LogP contribution in [0.3, 0.4) is 0 Å². The number of nitrogens with one attached hydrogen (secondary N) is 2. The molecule has 29 heavy (non-hydrogen) atoms. The molecule has 3 heterocycles. The molecule has 6 nitrogen and oxygen atoms in total. The van der Waals surface area contributed by atoms with E-state index in [4.69, 9.17) is 0 Å². The zero-order chi connectivity index (χ0) is 19.9. The van der Waals surface area contributed by atoms with Crippen LogP contribution in [0, 0.1) is 0 Å². The molecule has 0 unspecified atom stereocenters. The second kappa shape index (κ2) is 9.28. The molecule has 0 spiro atoms. The predicted molar refractivity (Wildman–Crippen MR) is 117 cm³/mol. The van der Waals surface area contributed by atoms with Gasteiger partial charge in [0, 0.05) is 49.6 Å². The number of urea groups is 1. The molecule has 1 aliphatic rings. The van der Waals surface area contributed by atoms with E-state index in [0.717, 1.165) is 35.8 Å². The van der Waals surface area contributed by atoms with Crippen LogP contribution in [0.15, 0.2) is 67.1 Å². The van der Waals surface area contributed by atoms with E-state index in [1.165, 1.54) is 25.7 Å². The number of aromatic nitrogens is 2. The van der Waals surface area contributed by atoms with Crippen molar-refractivity contribution in [2.24, 2.45) is 0 Å². The number of nitrogens with zero attached hydrogens (tertiary/aromatic N) is 3. The Morgan fingerprint density at radius 1 is 0.966 bits per heavy atom. The number of hydrogen-bond acceptors (Lipinski definition) is 3. The van der Waals surface area contributed by atoms with Crippen molar-refractivity contribution in [3.05, 3.63) is 72.7 Å². The lowest BCUT2D eigenvalue weighted by atomic mass is 10.2. The number of anilines is 2. The fourth-order valence-electron chi connectivity index (χ4n) is 3.62. The fraction of sp³-hybridized carbons (Fsp3) is 0.304. The van der Waals surface area contributed by atoms with Gasteiger partial charge in [-0.25, -0.2) is 9.78 Å². The fourth-order valence-corrected chi connectivity index (χ4v) is 3.62. The number of carbonyl (C=O) groups excluding carboxylic acids is 1. The van der Waals surface area contributed by atoms with Gasteiger partial charge in [-0.3, -0.25) is 0 Å². The van der Waals surface area contributed by atoms with E-state index in [1.807, 2.05) is 65.6 Å². The molecule has 2 N–H and O–H groups in total. The molecule has 150 valence electrons. The molecule has 6 heteroatoms. The quantitative estimate of drug-likeness (QED) is 0.672. The lowest BCUT2D eigenvalue weighted by Gasteiger charge is -2.21. The van der Waals surface area contributed by atoms with E-state index in [-0.39, 0.29) is 6.03 Å². The maximum atomic E-state index is 12.3. The molecule has 0 bridgehead atoms. The van der Waals surface area contributed by atoms with Crippen LogP contribution in [0.4, 0.5) is 16.3 Å². The topological polar surface area (TPSA) is 62.2 Å². The van der Waals surface area contributed by atoms with Crippen LogP contribution in [-0.2, 0) is 6.54 Å². The lowest BCUT2D eigenvalue weighted by molar-refractivity contribution is 0.251. The molecule has 0 atom stereocenters. The van der Waals surface area contributed by atoms with Gasteiger partial charge in [-0.2, -0.15) is 0 Å². The second-order valence-corrected chi connectivity index (χ2v) is 7.37. The maximum absolute atomic E-state index is 12.3. The number of hydrogen-bond donors (Lipinski definition) is 2. The van der Waals surface area contributed by atoms with Gasteiger partial charge in [-0.15, -0.1) is 0 Å². The molecular weight excluding hydrogens is 362 g/mol. The van der Waals surface area contributed by atoms with Crippen molar-refractivity contribution >= 4 is 17.5 Å². The number of rotatable bonds is 5. The maximum Gasteiger partial charge on any atom is 0.319 e. The van der Waals surface area contributed by atoms with Crippen molar-refractivity contribution in [2.45, 2.75) is 32.2 Å². The molecule has 1 fully saturated rings. The summed E-state index contributed by atoms with van der Waals surface area (Å²) in [7, 11) is 0. The van der Waals surface area contributed by atoms with Crippen molar-refractivity contribution < 1.29 is 4.79 Å². The minimum atomic E-state index is -0.230. The molecule has 3 aromatic rings. The van der Waals surface area contributed by atoms with Gasteiger partial charge in [-0.05, 0) is 54.8 Å². The van der Waals surface area contributed by atoms with E-state index in [0.29, 0.717) is 6.54 Å². The summed E-state index contributed by atoms with van der Waals surface area (Å²) >= 11 is 0. The first-order valence-corrected chi connectivity index (χ1v) is 10.3. The van der Waals surface area contributed by atoms with Crippen molar-refractivity contribution in [1.29, 1.82) is 0 Å². The lowest BCUT2D eigenvalue weighted by Crippen LogP contribution is -2.28. The Bertz CT molecular complexity index is 913. The SMILES string of the molecule is O=C(NCc1ccc(N2CCCCCC2)nc1)Nc1cccc(-n2cccc2)c1. The average Bonchev–Trinajstić information content (AvgIpc) is 3.16. The first kappa shape index (κ1) is 19.1. The smallest absolute Gasteiger partial charge is 0.319 e. The first-order valence-electron chi connectivity index (χ1n) is 10.3. The van der Waals surface area contributed by atoms with Crippen molar-refractivity contribution in [2.75, 3.05) is 23.3 Å². The third-order valence-corrected chi connectivity index (χ3v) is 5.20. The highest BCUT2D eigenvalue weighted by molar-refractivity contribution is 5.89. The van der Waals surface area contributed by atoms with E-state index < -0.39 is 0 Å². The standard InChI is InChI=1S/C23H27N5O/c29-23(26-20-8-7-9-21(16-20)27-12-5-6-13-27)25-18-19-10-11-22(24-17-19)28-14-3-1-2-4-15-28/h5-13,16-17H,1-4,14-15,18H2,(H2,25,26,29). The van der Waals surface area contributed by atoms with Crippen LogP contribution >= 0.6 is 0 Å². The number of amides is 2. The van der Waals surface area contributed by atoms with Gasteiger partial charge in [0.25, 0.3) is 0 Å². The van der Waals surface area contributed by atoms with Crippen LogP contribution in [0.25, 0.3) is 5.69 Å². The van der Waals surface area contributed by atoms with Gasteiger partial charge < -0.3 is 20.1 Å². The van der Waals surface area contributed by atoms with Gasteiger partial charge in [0.15, 0.2) is 0 Å². The average molecular weight is 390 g/mol. The summed E-state index contributed by atoms with van der Waals surface area (Å²) in [6.07, 6.45) is 10.9. The van der Waals surface area contributed by atoms with E-state index in [2.05, 4.69) is 26.6 Å². The Morgan fingerprint density at radius 2 is 1.76 bits per heavy atom. The molecule has 2 aromatic heterocycles. The number of pyridine rings is 1. The summed E-state index contributed by atoms with van der Waals surface area (Å²) in [5.74, 6) is 1.03. The van der Waals surface area contributed by atoms with Gasteiger partial charge >= 0.3 is 6.03 Å². The highest BCUT2D eigenvalue weighted by atomic mass is 16.2. The van der Waals surface area contributed by atoms with E-state index in [1.54, 1.807) is 0 Å². The molecular formula is C23H27N5O. The highest BCUT2D eigenvalue weighted by Gasteiger charge is 2.11. The Balaban J connectivity index is 1.30. The molecule has 4 rings (SSSR count). The molecule has 1 saturated heterocycles. The van der Waals surface area contributed by atoms with Gasteiger partial charge in [0.1, 0.15) is 5.82 Å². The molecule has 0 radical (unpaired) electrons. The molecule has 2 amide bonds. The van der Waals surface area contributed by atoms with Crippen molar-refractivity contribution in [3.8, 4) is 5.69 Å². The monoisotopic (exact) mass is 389 g/mol. The van der Waals surface area contributed by atoms with Gasteiger partial charge in [0.2, 0.25) is 0 Å². The molecule has 1 aromatic carbocycles. The minimum Gasteiger partial charge on any atom is -0.357 e. The summed E-state index contributed by atoms with van der Waals surface area (Å²) in [6, 6.07) is 15.6. The Kier molecular flexibility index (Phi) is 6.10. The molecule has 0 saturated carbocycles. The molecule has 0 aliphatic carbocycles. The molecule has 1 aliphatic heterocycles. The first-order chi connectivity index (χ1) is 14.3. The summed E-state index contributed by atoms with van der Waals surface area (Å²) in [6.45, 7) is 2.60. The Hall–Kier alpha value is -3.28. The van der Waals surface area contributed by atoms with Crippen LogP contribution < -0.4 is 15.5 Å². The van der Waals surface area contributed by atoms with Crippen molar-refractivity contribution in [1.82, 2.24) is 14.9 Å². The summed E-state index contributed by atoms with van der Waals surface area (Å²) in [4.78, 5) is 19.2. The summed E-state index contributed by atoms with van der Waals surface area (Å²) in [5.41, 5.74) is 2.74. The van der Waals surface area contributed by atoms with Crippen LogP contribution in [0.5, 0.6) is 0 Å². The summed E-state index contributed by atoms with van der Waals surface area (Å²) < 4.78 is 2.00. The number of carbonyl (C=O) groups is 1. The second-order valence-electron chi connectivity index (χ2n) is 7.37. The van der Waals surface area contributed by atoms with Gasteiger partial charge in [0.05, 0.1) is 0 Å². The summed E-state index contributed by atoms with van der Waals surface area (Å²) in [5, 5.41) is 5.79. The predicted octanol–water partition coefficient (Wildman–Crippen LogP) is 4.57. The normalized spacial score (nSPS) is 14.3. The van der Waals surface area contributed by atoms with Crippen LogP contribution in [0.2, 0.25) is 0 Å².